The van der Waals surface area contributed by atoms with E-state index in [1.165, 1.54) is 10.5 Å². The second-order valence-electron chi connectivity index (χ2n) is 6.94. The molecule has 9 nitrogen and oxygen atoms in total. The Hall–Kier alpha value is -3.23. The summed E-state index contributed by atoms with van der Waals surface area (Å²) < 4.78 is 6.54. The summed E-state index contributed by atoms with van der Waals surface area (Å²) in [5.41, 5.74) is 0.468. The van der Waals surface area contributed by atoms with E-state index in [0.717, 1.165) is 10.5 Å². The molecule has 0 aromatic carbocycles. The molecule has 3 heterocycles. The van der Waals surface area contributed by atoms with Crippen LogP contribution in [0.15, 0.2) is 29.2 Å². The number of hydrogen-bond donors (Lipinski definition) is 1. The topological polar surface area (TPSA) is 110 Å². The van der Waals surface area contributed by atoms with Gasteiger partial charge in [-0.25, -0.2) is 9.78 Å². The Morgan fingerprint density at radius 2 is 2.00 bits per heavy atom. The number of aryl methyl sites for hydroxylation is 1. The molecule has 0 atom stereocenters. The fraction of sp³-hybridized carbons (Fsp3) is 0.389. The van der Waals surface area contributed by atoms with Gasteiger partial charge in [-0.15, -0.1) is 0 Å². The first-order valence-corrected chi connectivity index (χ1v) is 8.46. The lowest BCUT2D eigenvalue weighted by Gasteiger charge is -2.15. The molecule has 27 heavy (non-hydrogen) atoms. The summed E-state index contributed by atoms with van der Waals surface area (Å²) >= 11 is 0. The summed E-state index contributed by atoms with van der Waals surface area (Å²) in [6, 6.07) is 4.32. The van der Waals surface area contributed by atoms with E-state index in [0.29, 0.717) is 11.3 Å². The number of aromatic nitrogens is 2. The Kier molecular flexibility index (Phi) is 4.69. The molecule has 9 heteroatoms. The van der Waals surface area contributed by atoms with Crippen LogP contribution in [0.4, 0.5) is 4.79 Å². The average Bonchev–Trinajstić information content (AvgIpc) is 2.79. The molecule has 1 aliphatic heterocycles. The molecule has 0 unspecified atom stereocenters. The van der Waals surface area contributed by atoms with Gasteiger partial charge in [0.1, 0.15) is 17.8 Å². The lowest BCUT2D eigenvalue weighted by Crippen LogP contribution is -2.40. The minimum absolute atomic E-state index is 0.0694. The predicted molar refractivity (Wildman–Crippen MR) is 94.9 cm³/mol. The van der Waals surface area contributed by atoms with Crippen LogP contribution >= 0.6 is 0 Å². The van der Waals surface area contributed by atoms with Crippen molar-refractivity contribution in [3.05, 3.63) is 46.0 Å². The molecule has 0 bridgehead atoms. The van der Waals surface area contributed by atoms with Crippen molar-refractivity contribution in [3.63, 3.8) is 0 Å². The van der Waals surface area contributed by atoms with Crippen molar-refractivity contribution in [2.24, 2.45) is 0 Å². The number of nitrogens with one attached hydrogen (secondary N) is 1. The molecule has 142 valence electrons. The summed E-state index contributed by atoms with van der Waals surface area (Å²) in [5, 5.41) is 2.54. The maximum atomic E-state index is 12.1. The highest BCUT2D eigenvalue weighted by Crippen LogP contribution is 2.16. The van der Waals surface area contributed by atoms with Crippen molar-refractivity contribution in [2.75, 3.05) is 6.54 Å². The van der Waals surface area contributed by atoms with Crippen molar-refractivity contribution in [1.82, 2.24) is 19.6 Å². The smallest absolute Gasteiger partial charge is 0.325 e. The van der Waals surface area contributed by atoms with Crippen LogP contribution in [0.25, 0.3) is 5.65 Å². The third-order valence-electron chi connectivity index (χ3n) is 4.23. The third kappa shape index (κ3) is 3.81. The van der Waals surface area contributed by atoms with E-state index in [1.807, 2.05) is 13.0 Å². The van der Waals surface area contributed by atoms with Crippen molar-refractivity contribution in [3.8, 4) is 0 Å². The van der Waals surface area contributed by atoms with Gasteiger partial charge in [0.2, 0.25) is 0 Å². The van der Waals surface area contributed by atoms with Gasteiger partial charge in [-0.05, 0) is 32.4 Å². The molecule has 0 saturated carbocycles. The quantitative estimate of drug-likeness (QED) is 0.613. The molecule has 3 rings (SSSR count). The standard InChI is InChI=1S/C18H20N4O5/c1-11-4-5-13-19-12(8-14(23)22(13)9-11)10-27-15(24)6-7-21-16(25)18(2,3)20-17(21)26/h4-5,8-9H,6-7,10H2,1-3H3,(H,20,26). The van der Waals surface area contributed by atoms with Gasteiger partial charge in [0, 0.05) is 18.8 Å². The molecule has 0 spiro atoms. The Morgan fingerprint density at radius 1 is 1.26 bits per heavy atom. The van der Waals surface area contributed by atoms with E-state index in [-0.39, 0.29) is 31.0 Å². The molecule has 3 amide bonds. The third-order valence-corrected chi connectivity index (χ3v) is 4.23. The van der Waals surface area contributed by atoms with Crippen LogP contribution < -0.4 is 10.9 Å². The Morgan fingerprint density at radius 3 is 2.67 bits per heavy atom. The molecular weight excluding hydrogens is 352 g/mol. The van der Waals surface area contributed by atoms with Gasteiger partial charge in [-0.1, -0.05) is 6.07 Å². The van der Waals surface area contributed by atoms with E-state index in [1.54, 1.807) is 26.1 Å². The van der Waals surface area contributed by atoms with Crippen LogP contribution in [-0.4, -0.2) is 44.3 Å². The van der Waals surface area contributed by atoms with Crippen LogP contribution in [-0.2, 0) is 20.9 Å². The highest BCUT2D eigenvalue weighted by atomic mass is 16.5. The zero-order valence-corrected chi connectivity index (χ0v) is 15.3. The Labute approximate surface area is 154 Å². The van der Waals surface area contributed by atoms with Gasteiger partial charge in [0.05, 0.1) is 12.1 Å². The highest BCUT2D eigenvalue weighted by Gasteiger charge is 2.44. The van der Waals surface area contributed by atoms with E-state index >= 15 is 0 Å². The van der Waals surface area contributed by atoms with E-state index in [4.69, 9.17) is 4.74 Å². The largest absolute Gasteiger partial charge is 0.459 e. The first kappa shape index (κ1) is 18.6. The number of rotatable bonds is 5. The van der Waals surface area contributed by atoms with Gasteiger partial charge in [-0.2, -0.15) is 0 Å². The maximum absolute atomic E-state index is 12.1. The number of hydrogen-bond acceptors (Lipinski definition) is 6. The first-order chi connectivity index (χ1) is 12.7. The zero-order valence-electron chi connectivity index (χ0n) is 15.3. The van der Waals surface area contributed by atoms with Gasteiger partial charge >= 0.3 is 12.0 Å². The molecule has 2 aromatic heterocycles. The second kappa shape index (κ2) is 6.82. The Balaban J connectivity index is 1.59. The van der Waals surface area contributed by atoms with Gasteiger partial charge < -0.3 is 10.1 Å². The minimum atomic E-state index is -0.976. The van der Waals surface area contributed by atoms with Crippen molar-refractivity contribution < 1.29 is 19.1 Å². The van der Waals surface area contributed by atoms with E-state index < -0.39 is 17.5 Å². The monoisotopic (exact) mass is 372 g/mol. The molecule has 1 fully saturated rings. The number of ether oxygens (including phenoxy) is 1. The van der Waals surface area contributed by atoms with Crippen LogP contribution in [0, 0.1) is 6.92 Å². The minimum Gasteiger partial charge on any atom is -0.459 e. The normalized spacial score (nSPS) is 15.9. The summed E-state index contributed by atoms with van der Waals surface area (Å²) in [6.45, 7) is 4.83. The number of imide groups is 1. The molecule has 0 aliphatic carbocycles. The van der Waals surface area contributed by atoms with Gasteiger partial charge in [-0.3, -0.25) is 23.7 Å². The van der Waals surface area contributed by atoms with Crippen molar-refractivity contribution in [1.29, 1.82) is 0 Å². The Bertz CT molecular complexity index is 995. The number of nitrogens with zero attached hydrogens (tertiary/aromatic N) is 3. The van der Waals surface area contributed by atoms with E-state index in [2.05, 4.69) is 10.3 Å². The number of carbonyl (C=O) groups excluding carboxylic acids is 3. The predicted octanol–water partition coefficient (Wildman–Crippen LogP) is 0.767. The van der Waals surface area contributed by atoms with Crippen molar-refractivity contribution in [2.45, 2.75) is 39.3 Å². The van der Waals surface area contributed by atoms with Crippen molar-refractivity contribution >= 4 is 23.6 Å². The fourth-order valence-corrected chi connectivity index (χ4v) is 2.78. The number of fused-ring (bicyclic) bond motifs is 1. The molecule has 1 aliphatic rings. The molecule has 1 N–H and O–H groups in total. The molecule has 0 radical (unpaired) electrons. The van der Waals surface area contributed by atoms with Crippen LogP contribution in [0.1, 0.15) is 31.5 Å². The number of carbonyl (C=O) groups is 3. The summed E-state index contributed by atoms with van der Waals surface area (Å²) in [5.74, 6) is -0.981. The first-order valence-electron chi connectivity index (χ1n) is 8.46. The second-order valence-corrected chi connectivity index (χ2v) is 6.94. The number of amides is 3. The van der Waals surface area contributed by atoms with Crippen LogP contribution in [0.3, 0.4) is 0 Å². The summed E-state index contributed by atoms with van der Waals surface area (Å²) in [7, 11) is 0. The maximum Gasteiger partial charge on any atom is 0.325 e. The van der Waals surface area contributed by atoms with Crippen LogP contribution in [0.5, 0.6) is 0 Å². The fourth-order valence-electron chi connectivity index (χ4n) is 2.78. The lowest BCUT2D eigenvalue weighted by molar-refractivity contribution is -0.145. The zero-order chi connectivity index (χ0) is 19.8. The van der Waals surface area contributed by atoms with E-state index in [9.17, 15) is 19.2 Å². The SMILES string of the molecule is Cc1ccc2nc(COC(=O)CCN3C(=O)NC(C)(C)C3=O)cc(=O)n2c1. The average molecular weight is 372 g/mol. The van der Waals surface area contributed by atoms with Gasteiger partial charge in [0.25, 0.3) is 11.5 Å². The summed E-state index contributed by atoms with van der Waals surface area (Å²) in [6.07, 6.45) is 1.54. The number of pyridine rings is 1. The number of urea groups is 1. The number of esters is 1. The highest BCUT2D eigenvalue weighted by molar-refractivity contribution is 6.06. The van der Waals surface area contributed by atoms with Crippen LogP contribution in [0.2, 0.25) is 0 Å². The molecule has 1 saturated heterocycles. The summed E-state index contributed by atoms with van der Waals surface area (Å²) in [4.78, 5) is 53.2. The molecular formula is C18H20N4O5. The lowest BCUT2D eigenvalue weighted by atomic mass is 10.1. The van der Waals surface area contributed by atoms with Gasteiger partial charge in [0.15, 0.2) is 0 Å². The molecule has 2 aromatic rings.